The van der Waals surface area contributed by atoms with Gasteiger partial charge in [-0.05, 0) is 24.1 Å². The molecule has 1 aromatic heterocycles. The van der Waals surface area contributed by atoms with Crippen LogP contribution in [0.2, 0.25) is 10.2 Å². The Bertz CT molecular complexity index is 576. The molecule has 0 aliphatic carbocycles. The molecule has 1 aromatic carbocycles. The van der Waals surface area contributed by atoms with E-state index in [1.165, 1.54) is 0 Å². The van der Waals surface area contributed by atoms with E-state index in [0.29, 0.717) is 22.3 Å². The predicted octanol–water partition coefficient (Wildman–Crippen LogP) is 4.00. The van der Waals surface area contributed by atoms with Gasteiger partial charge in [-0.25, -0.2) is 4.68 Å². The molecule has 0 unspecified atom stereocenters. The zero-order valence-corrected chi connectivity index (χ0v) is 12.1. The molecule has 0 aliphatic rings. The molecule has 0 aliphatic heterocycles. The van der Waals surface area contributed by atoms with E-state index < -0.39 is 0 Å². The molecule has 2 rings (SSSR count). The van der Waals surface area contributed by atoms with Gasteiger partial charge in [0, 0.05) is 5.02 Å². The Morgan fingerprint density at radius 1 is 1.26 bits per heavy atom. The molecule has 0 saturated carbocycles. The molecule has 0 N–H and O–H groups in total. The molecule has 19 heavy (non-hydrogen) atoms. The van der Waals surface area contributed by atoms with Crippen LogP contribution < -0.4 is 0 Å². The van der Waals surface area contributed by atoms with Crippen molar-refractivity contribution >= 4 is 29.5 Å². The third-order valence-corrected chi connectivity index (χ3v) is 3.50. The van der Waals surface area contributed by atoms with Crippen LogP contribution in [0.4, 0.5) is 0 Å². The van der Waals surface area contributed by atoms with Crippen LogP contribution in [0.25, 0.3) is 0 Å². The van der Waals surface area contributed by atoms with Gasteiger partial charge >= 0.3 is 0 Å². The molecule has 0 fully saturated rings. The Hall–Kier alpha value is -1.32. The number of hydrogen-bond donors (Lipinski definition) is 0. The number of aldehydes is 1. The van der Waals surface area contributed by atoms with Gasteiger partial charge in [0.2, 0.25) is 0 Å². The summed E-state index contributed by atoms with van der Waals surface area (Å²) in [5, 5.41) is 5.50. The Morgan fingerprint density at radius 3 is 2.53 bits per heavy atom. The fourth-order valence-corrected chi connectivity index (χ4v) is 2.28. The van der Waals surface area contributed by atoms with Crippen molar-refractivity contribution in [3.63, 3.8) is 0 Å². The minimum atomic E-state index is 0.397. The third kappa shape index (κ3) is 3.17. The van der Waals surface area contributed by atoms with Crippen molar-refractivity contribution in [1.82, 2.24) is 9.78 Å². The molecule has 0 bridgehead atoms. The van der Waals surface area contributed by atoms with E-state index >= 15 is 0 Å². The molecular formula is C14H14Cl2N2O. The highest BCUT2D eigenvalue weighted by Crippen LogP contribution is 2.21. The summed E-state index contributed by atoms with van der Waals surface area (Å²) in [6, 6.07) is 7.48. The lowest BCUT2D eigenvalue weighted by atomic mass is 10.2. The highest BCUT2D eigenvalue weighted by molar-refractivity contribution is 6.32. The van der Waals surface area contributed by atoms with Crippen molar-refractivity contribution in [3.8, 4) is 0 Å². The minimum absolute atomic E-state index is 0.397. The fraction of sp³-hybridized carbons (Fsp3) is 0.286. The highest BCUT2D eigenvalue weighted by atomic mass is 35.5. The lowest BCUT2D eigenvalue weighted by Crippen LogP contribution is -2.02. The van der Waals surface area contributed by atoms with Crippen molar-refractivity contribution in [2.24, 2.45) is 0 Å². The van der Waals surface area contributed by atoms with E-state index in [0.717, 1.165) is 30.4 Å². The molecule has 3 nitrogen and oxygen atoms in total. The van der Waals surface area contributed by atoms with Gasteiger partial charge in [0.05, 0.1) is 17.8 Å². The van der Waals surface area contributed by atoms with Crippen LogP contribution in [0.3, 0.4) is 0 Å². The lowest BCUT2D eigenvalue weighted by Gasteiger charge is -2.03. The summed E-state index contributed by atoms with van der Waals surface area (Å²) in [5.41, 5.74) is 2.29. The maximum Gasteiger partial charge on any atom is 0.155 e. The number of aryl methyl sites for hydroxylation is 1. The van der Waals surface area contributed by atoms with E-state index in [1.54, 1.807) is 4.68 Å². The molecule has 100 valence electrons. The summed E-state index contributed by atoms with van der Waals surface area (Å²) in [7, 11) is 0. The molecule has 1 heterocycles. The maximum absolute atomic E-state index is 11.1. The van der Waals surface area contributed by atoms with Gasteiger partial charge in [-0.2, -0.15) is 5.10 Å². The number of aromatic nitrogens is 2. The average Bonchev–Trinajstić information content (AvgIpc) is 2.69. The summed E-state index contributed by atoms with van der Waals surface area (Å²) in [6.45, 7) is 2.57. The third-order valence-electron chi connectivity index (χ3n) is 2.85. The summed E-state index contributed by atoms with van der Waals surface area (Å²) in [5.74, 6) is 0. The number of hydrogen-bond acceptors (Lipinski definition) is 2. The molecule has 0 saturated heterocycles. The Kier molecular flexibility index (Phi) is 4.61. The monoisotopic (exact) mass is 296 g/mol. The minimum Gasteiger partial charge on any atom is -0.298 e. The van der Waals surface area contributed by atoms with E-state index in [4.69, 9.17) is 23.2 Å². The number of carbonyl (C=O) groups excluding carboxylic acids is 1. The Morgan fingerprint density at radius 2 is 1.95 bits per heavy atom. The fourth-order valence-electron chi connectivity index (χ4n) is 1.91. The molecule has 0 atom stereocenters. The van der Waals surface area contributed by atoms with E-state index in [1.807, 2.05) is 31.2 Å². The topological polar surface area (TPSA) is 34.9 Å². The molecule has 5 heteroatoms. The normalized spacial score (nSPS) is 10.7. The van der Waals surface area contributed by atoms with E-state index in [2.05, 4.69) is 5.10 Å². The number of carbonyl (C=O) groups is 1. The summed E-state index contributed by atoms with van der Waals surface area (Å²) >= 11 is 12.0. The summed E-state index contributed by atoms with van der Waals surface area (Å²) < 4.78 is 1.65. The predicted molar refractivity (Wildman–Crippen MR) is 77.2 cm³/mol. The lowest BCUT2D eigenvalue weighted by molar-refractivity contribution is 0.112. The zero-order valence-electron chi connectivity index (χ0n) is 10.6. The maximum atomic E-state index is 11.1. The number of halogens is 2. The van der Waals surface area contributed by atoms with Gasteiger partial charge in [0.25, 0.3) is 0 Å². The van der Waals surface area contributed by atoms with E-state index in [9.17, 15) is 4.79 Å². The van der Waals surface area contributed by atoms with Gasteiger partial charge in [-0.3, -0.25) is 4.79 Å². The number of nitrogens with zero attached hydrogens (tertiary/aromatic N) is 2. The van der Waals surface area contributed by atoms with Crippen molar-refractivity contribution in [2.45, 2.75) is 26.3 Å². The smallest absolute Gasteiger partial charge is 0.155 e. The molecule has 2 aromatic rings. The first kappa shape index (κ1) is 14.1. The highest BCUT2D eigenvalue weighted by Gasteiger charge is 2.15. The second-order valence-electron chi connectivity index (χ2n) is 4.30. The van der Waals surface area contributed by atoms with Crippen LogP contribution in [0.15, 0.2) is 24.3 Å². The van der Waals surface area contributed by atoms with Gasteiger partial charge in [0.15, 0.2) is 6.29 Å². The van der Waals surface area contributed by atoms with Crippen molar-refractivity contribution in [3.05, 3.63) is 51.3 Å². The second-order valence-corrected chi connectivity index (χ2v) is 5.10. The summed E-state index contributed by atoms with van der Waals surface area (Å²) in [6.07, 6.45) is 2.45. The quantitative estimate of drug-likeness (QED) is 0.782. The molecule has 0 spiro atoms. The number of rotatable bonds is 5. The van der Waals surface area contributed by atoms with Gasteiger partial charge in [-0.1, -0.05) is 48.7 Å². The Labute approximate surface area is 122 Å². The molecule has 0 radical (unpaired) electrons. The van der Waals surface area contributed by atoms with Crippen molar-refractivity contribution < 1.29 is 4.79 Å². The van der Waals surface area contributed by atoms with Crippen LogP contribution in [0.1, 0.15) is 35.0 Å². The second kappa shape index (κ2) is 6.22. The SMILES string of the molecule is CCCc1nn(Cc2ccc(Cl)cc2)c(Cl)c1C=O. The average molecular weight is 297 g/mol. The van der Waals surface area contributed by atoms with Crippen LogP contribution in [-0.4, -0.2) is 16.1 Å². The molecule has 0 amide bonds. The summed E-state index contributed by atoms with van der Waals surface area (Å²) in [4.78, 5) is 11.1. The zero-order chi connectivity index (χ0) is 13.8. The van der Waals surface area contributed by atoms with Crippen molar-refractivity contribution in [2.75, 3.05) is 0 Å². The first-order valence-electron chi connectivity index (χ1n) is 6.10. The van der Waals surface area contributed by atoms with Gasteiger partial charge in [-0.15, -0.1) is 0 Å². The van der Waals surface area contributed by atoms with Gasteiger partial charge < -0.3 is 0 Å². The van der Waals surface area contributed by atoms with Crippen LogP contribution in [0.5, 0.6) is 0 Å². The van der Waals surface area contributed by atoms with E-state index in [-0.39, 0.29) is 0 Å². The first-order chi connectivity index (χ1) is 9.15. The number of benzene rings is 1. The Balaban J connectivity index is 2.29. The van der Waals surface area contributed by atoms with Crippen LogP contribution >= 0.6 is 23.2 Å². The molecular weight excluding hydrogens is 283 g/mol. The van der Waals surface area contributed by atoms with Crippen LogP contribution in [-0.2, 0) is 13.0 Å². The van der Waals surface area contributed by atoms with Crippen molar-refractivity contribution in [1.29, 1.82) is 0 Å². The first-order valence-corrected chi connectivity index (χ1v) is 6.86. The standard InChI is InChI=1S/C14H14Cl2N2O/c1-2-3-13-12(9-19)14(16)18(17-13)8-10-4-6-11(15)7-5-10/h4-7,9H,2-3,8H2,1H3. The largest absolute Gasteiger partial charge is 0.298 e. The van der Waals surface area contributed by atoms with Gasteiger partial charge in [0.1, 0.15) is 5.15 Å². The van der Waals surface area contributed by atoms with Crippen LogP contribution in [0, 0.1) is 0 Å².